The van der Waals surface area contributed by atoms with Crippen LogP contribution in [-0.4, -0.2) is 128 Å². The Morgan fingerprint density at radius 3 is 2.39 bits per heavy atom. The van der Waals surface area contributed by atoms with Gasteiger partial charge in [0, 0.05) is 54.2 Å². The van der Waals surface area contributed by atoms with Crippen LogP contribution in [0.5, 0.6) is 0 Å². The maximum Gasteiger partial charge on any atom is 0.256 e. The number of morpholine rings is 1. The molecule has 6 aliphatic rings. The fourth-order valence-electron chi connectivity index (χ4n) is 9.16. The average molecular weight is 636 g/mol. The molecule has 0 aromatic heterocycles. The van der Waals surface area contributed by atoms with Crippen molar-refractivity contribution in [1.82, 2.24) is 25.3 Å². The zero-order valence-corrected chi connectivity index (χ0v) is 27.0. The van der Waals surface area contributed by atoms with E-state index in [2.05, 4.69) is 27.5 Å². The fraction of sp³-hybridized carbons (Fsp3) is 0.657. The van der Waals surface area contributed by atoms with E-state index in [1.54, 1.807) is 30.5 Å². The number of benzene rings is 1. The van der Waals surface area contributed by atoms with E-state index in [0.717, 1.165) is 25.8 Å². The number of hydrogen-bond acceptors (Lipinski definition) is 9. The lowest BCUT2D eigenvalue weighted by molar-refractivity contribution is -0.203. The summed E-state index contributed by atoms with van der Waals surface area (Å²) in [6.45, 7) is 2.68. The van der Waals surface area contributed by atoms with Crippen molar-refractivity contribution in [2.45, 2.75) is 81.1 Å². The van der Waals surface area contributed by atoms with Crippen LogP contribution in [0.25, 0.3) is 0 Å². The van der Waals surface area contributed by atoms with Gasteiger partial charge >= 0.3 is 0 Å². The Labute approximate surface area is 270 Å². The number of amides is 1. The van der Waals surface area contributed by atoms with Gasteiger partial charge in [-0.05, 0) is 72.8 Å². The van der Waals surface area contributed by atoms with Gasteiger partial charge in [0.1, 0.15) is 6.17 Å². The van der Waals surface area contributed by atoms with E-state index < -0.39 is 54.1 Å². The molecule has 3 aliphatic heterocycles. The topological polar surface area (TPSA) is 111 Å². The van der Waals surface area contributed by atoms with Crippen LogP contribution in [0.4, 0.5) is 4.39 Å². The number of carbonyl (C=O) groups is 4. The molecule has 11 heteroatoms. The van der Waals surface area contributed by atoms with Gasteiger partial charge in [0.25, 0.3) is 5.91 Å². The molecule has 2 N–H and O–H groups in total. The quantitative estimate of drug-likeness (QED) is 0.414. The van der Waals surface area contributed by atoms with Gasteiger partial charge in [0.15, 0.2) is 17.3 Å². The van der Waals surface area contributed by atoms with Crippen molar-refractivity contribution in [1.29, 1.82) is 0 Å². The molecule has 2 saturated carbocycles. The van der Waals surface area contributed by atoms with Crippen molar-refractivity contribution < 1.29 is 28.3 Å². The lowest BCUT2D eigenvalue weighted by atomic mass is 9.63. The van der Waals surface area contributed by atoms with Crippen molar-refractivity contribution in [3.05, 3.63) is 47.2 Å². The van der Waals surface area contributed by atoms with Crippen molar-refractivity contribution in [2.75, 3.05) is 47.3 Å². The van der Waals surface area contributed by atoms with Gasteiger partial charge in [-0.25, -0.2) is 4.39 Å². The van der Waals surface area contributed by atoms with E-state index in [-0.39, 0.29) is 35.4 Å². The van der Waals surface area contributed by atoms with Crippen molar-refractivity contribution in [3.8, 4) is 0 Å². The highest BCUT2D eigenvalue weighted by atomic mass is 19.1. The van der Waals surface area contributed by atoms with Gasteiger partial charge in [-0.1, -0.05) is 24.3 Å². The molecule has 4 fully saturated rings. The van der Waals surface area contributed by atoms with Crippen LogP contribution in [0.3, 0.4) is 0 Å². The number of alkyl halides is 1. The van der Waals surface area contributed by atoms with Gasteiger partial charge in [0.05, 0.1) is 35.9 Å². The van der Waals surface area contributed by atoms with E-state index in [4.69, 9.17) is 4.74 Å². The molecule has 0 radical (unpaired) electrons. The van der Waals surface area contributed by atoms with Gasteiger partial charge < -0.3 is 30.1 Å². The molecule has 1 amide bonds. The largest absolute Gasteiger partial charge is 0.369 e. The fourth-order valence-corrected chi connectivity index (χ4v) is 9.16. The first-order valence-electron chi connectivity index (χ1n) is 17.0. The molecule has 10 nitrogen and oxygen atoms in total. The second kappa shape index (κ2) is 12.6. The molecule has 10 unspecified atom stereocenters. The number of ketones is 3. The maximum atomic E-state index is 16.2. The SMILES string of the molecule is CN(C)CCNC(=O)C1=CN2C3CC4C(=O)c5ccccc5C(=O)C4CC3OC3C(NCCC4CCCN4C)C(F)CC(C1=O)C32. The summed E-state index contributed by atoms with van der Waals surface area (Å²) in [5, 5.41) is 6.35. The molecule has 46 heavy (non-hydrogen) atoms. The Hall–Kier alpha value is -2.99. The Bertz CT molecular complexity index is 1430. The number of ether oxygens (including phenoxy) is 1. The number of likely N-dealkylation sites (N-methyl/N-ethyl adjacent to an activating group) is 1. The average Bonchev–Trinajstić information content (AvgIpc) is 3.45. The first-order chi connectivity index (χ1) is 22.1. The third-order valence-electron chi connectivity index (χ3n) is 11.6. The Balaban J connectivity index is 1.20. The predicted molar refractivity (Wildman–Crippen MR) is 169 cm³/mol. The maximum absolute atomic E-state index is 16.2. The van der Waals surface area contributed by atoms with Gasteiger partial charge in [-0.3, -0.25) is 19.2 Å². The summed E-state index contributed by atoms with van der Waals surface area (Å²) in [4.78, 5) is 61.1. The van der Waals surface area contributed by atoms with Crippen LogP contribution < -0.4 is 10.6 Å². The van der Waals surface area contributed by atoms with Gasteiger partial charge in [-0.15, -0.1) is 0 Å². The minimum Gasteiger partial charge on any atom is -0.369 e. The minimum absolute atomic E-state index is 0.00257. The second-order valence-corrected chi connectivity index (χ2v) is 14.5. The summed E-state index contributed by atoms with van der Waals surface area (Å²) >= 11 is 0. The summed E-state index contributed by atoms with van der Waals surface area (Å²) in [6, 6.07) is 6.03. The smallest absolute Gasteiger partial charge is 0.256 e. The van der Waals surface area contributed by atoms with Crippen LogP contribution in [-0.2, 0) is 14.3 Å². The molecule has 248 valence electrons. The van der Waals surface area contributed by atoms with E-state index in [1.807, 2.05) is 19.0 Å². The molecule has 0 bridgehead atoms. The van der Waals surface area contributed by atoms with Crippen LogP contribution in [0.1, 0.15) is 59.2 Å². The normalized spacial score (nSPS) is 36.9. The molecular weight excluding hydrogens is 589 g/mol. The van der Waals surface area contributed by atoms with Crippen LogP contribution in [0, 0.1) is 17.8 Å². The first kappa shape index (κ1) is 31.6. The van der Waals surface area contributed by atoms with E-state index >= 15 is 4.39 Å². The van der Waals surface area contributed by atoms with E-state index in [1.165, 1.54) is 0 Å². The second-order valence-electron chi connectivity index (χ2n) is 14.5. The highest BCUT2D eigenvalue weighted by Gasteiger charge is 2.61. The standard InChI is InChI=1S/C35H46FN5O5/c1-39(2)14-12-38-35(45)25-18-41-27-16-22-23(32(43)21-9-5-4-8-20(21)31(22)42)17-28(27)46-34-29(26(36)15-24(30(34)41)33(25)44)37-11-10-19-7-6-13-40(19)3/h4-5,8-9,18-19,22-24,26-30,34,37H,6-7,10-17H2,1-3H3,(H,38,45). The molecule has 0 spiro atoms. The summed E-state index contributed by atoms with van der Waals surface area (Å²) in [7, 11) is 5.94. The first-order valence-corrected chi connectivity index (χ1v) is 17.0. The molecule has 3 heterocycles. The molecule has 1 aromatic carbocycles. The molecule has 7 rings (SSSR count). The zero-order valence-electron chi connectivity index (χ0n) is 27.0. The summed E-state index contributed by atoms with van der Waals surface area (Å²) in [5.41, 5.74) is 0.944. The van der Waals surface area contributed by atoms with E-state index in [9.17, 15) is 19.2 Å². The molecular formula is C35H46FN5O5. The van der Waals surface area contributed by atoms with Crippen molar-refractivity contribution in [2.24, 2.45) is 17.8 Å². The molecule has 10 atom stereocenters. The number of rotatable bonds is 8. The Kier molecular flexibility index (Phi) is 8.63. The summed E-state index contributed by atoms with van der Waals surface area (Å²) in [6.07, 6.45) is 3.11. The number of fused-ring (bicyclic) bond motifs is 4. The third kappa shape index (κ3) is 5.42. The minimum atomic E-state index is -1.34. The lowest BCUT2D eigenvalue weighted by Crippen LogP contribution is -2.73. The number of nitrogens with zero attached hydrogens (tertiary/aromatic N) is 3. The number of likely N-dealkylation sites (tertiary alicyclic amines) is 1. The predicted octanol–water partition coefficient (Wildman–Crippen LogP) is 1.84. The Morgan fingerprint density at radius 2 is 1.72 bits per heavy atom. The molecule has 2 saturated heterocycles. The van der Waals surface area contributed by atoms with Crippen molar-refractivity contribution in [3.63, 3.8) is 0 Å². The lowest BCUT2D eigenvalue weighted by Gasteiger charge is -2.60. The van der Waals surface area contributed by atoms with Crippen LogP contribution in [0.2, 0.25) is 0 Å². The number of nitrogens with one attached hydrogen (secondary N) is 2. The number of Topliss-reactive ketones (excluding diaryl/α,β-unsaturated/α-hetero) is 3. The highest BCUT2D eigenvalue weighted by molar-refractivity contribution is 6.20. The summed E-state index contributed by atoms with van der Waals surface area (Å²) < 4.78 is 23.0. The highest BCUT2D eigenvalue weighted by Crippen LogP contribution is 2.49. The zero-order chi connectivity index (χ0) is 32.3. The van der Waals surface area contributed by atoms with Gasteiger partial charge in [0.2, 0.25) is 0 Å². The number of hydrogen-bond donors (Lipinski definition) is 2. The van der Waals surface area contributed by atoms with Gasteiger partial charge in [-0.2, -0.15) is 0 Å². The van der Waals surface area contributed by atoms with Crippen molar-refractivity contribution >= 4 is 23.3 Å². The monoisotopic (exact) mass is 635 g/mol. The number of carbonyl (C=O) groups excluding carboxylic acids is 4. The third-order valence-corrected chi connectivity index (χ3v) is 11.6. The number of halogens is 1. The van der Waals surface area contributed by atoms with E-state index in [0.29, 0.717) is 49.6 Å². The Morgan fingerprint density at radius 1 is 1.00 bits per heavy atom. The van der Waals surface area contributed by atoms with Crippen LogP contribution >= 0.6 is 0 Å². The van der Waals surface area contributed by atoms with Crippen LogP contribution in [0.15, 0.2) is 36.0 Å². The molecule has 3 aliphatic carbocycles. The molecule has 1 aromatic rings. The summed E-state index contributed by atoms with van der Waals surface area (Å²) in [5.74, 6) is -2.69.